The van der Waals surface area contributed by atoms with Crippen molar-refractivity contribution in [3.8, 4) is 0 Å². The van der Waals surface area contributed by atoms with Gasteiger partial charge in [-0.1, -0.05) is 37.6 Å². The van der Waals surface area contributed by atoms with Crippen LogP contribution in [0.25, 0.3) is 0 Å². The van der Waals surface area contributed by atoms with E-state index in [1.54, 1.807) is 0 Å². The molecule has 0 aromatic heterocycles. The Bertz CT molecular complexity index is 387. The topological polar surface area (TPSA) is 32.3 Å². The smallest absolute Gasteiger partial charge is 0.238 e. The molecular weight excluding hydrogens is 224 g/mol. The number of carbonyl (C=O) groups is 1. The maximum absolute atomic E-state index is 12.0. The summed E-state index contributed by atoms with van der Waals surface area (Å²) >= 11 is 0. The fourth-order valence-electron chi connectivity index (χ4n) is 1.94. The molecule has 0 spiro atoms. The molecule has 0 atom stereocenters. The Hall–Kier alpha value is -1.35. The standard InChI is InChI=1S/C15H24N2O/c1-5-17(6-2)11-15(18)16-14-10-12(3)8-7-9-13(14)4/h7-9H,5-6,10-11H2,1-4H3,(H,16,18). The van der Waals surface area contributed by atoms with E-state index in [1.165, 1.54) is 5.57 Å². The lowest BCUT2D eigenvalue weighted by atomic mass is 10.1. The maximum atomic E-state index is 12.0. The second-order valence-corrected chi connectivity index (χ2v) is 4.72. The molecule has 0 aliphatic heterocycles. The monoisotopic (exact) mass is 248 g/mol. The molecule has 0 radical (unpaired) electrons. The summed E-state index contributed by atoms with van der Waals surface area (Å²) in [6.45, 7) is 10.5. The van der Waals surface area contributed by atoms with Crippen LogP contribution < -0.4 is 5.32 Å². The molecule has 100 valence electrons. The zero-order valence-corrected chi connectivity index (χ0v) is 11.9. The molecule has 0 aromatic rings. The molecule has 3 heteroatoms. The van der Waals surface area contributed by atoms with E-state index in [0.29, 0.717) is 6.54 Å². The van der Waals surface area contributed by atoms with Gasteiger partial charge in [0.15, 0.2) is 0 Å². The van der Waals surface area contributed by atoms with E-state index < -0.39 is 0 Å². The van der Waals surface area contributed by atoms with Gasteiger partial charge >= 0.3 is 0 Å². The number of nitrogens with one attached hydrogen (secondary N) is 1. The number of hydrogen-bond donors (Lipinski definition) is 1. The first-order valence-corrected chi connectivity index (χ1v) is 6.62. The van der Waals surface area contributed by atoms with Gasteiger partial charge in [-0.05, 0) is 32.5 Å². The van der Waals surface area contributed by atoms with Gasteiger partial charge in [0, 0.05) is 12.1 Å². The second-order valence-electron chi connectivity index (χ2n) is 4.72. The predicted molar refractivity (Wildman–Crippen MR) is 76.1 cm³/mol. The van der Waals surface area contributed by atoms with Gasteiger partial charge in [-0.2, -0.15) is 0 Å². The maximum Gasteiger partial charge on any atom is 0.238 e. The summed E-state index contributed by atoms with van der Waals surface area (Å²) in [7, 11) is 0. The minimum atomic E-state index is 0.0798. The molecule has 1 aliphatic carbocycles. The highest BCUT2D eigenvalue weighted by Gasteiger charge is 2.11. The Morgan fingerprint density at radius 3 is 2.61 bits per heavy atom. The van der Waals surface area contributed by atoms with Crippen molar-refractivity contribution in [3.63, 3.8) is 0 Å². The third kappa shape index (κ3) is 4.49. The highest BCUT2D eigenvalue weighted by molar-refractivity contribution is 5.80. The predicted octanol–water partition coefficient (Wildman–Crippen LogP) is 2.62. The van der Waals surface area contributed by atoms with Crippen LogP contribution in [-0.2, 0) is 4.79 Å². The van der Waals surface area contributed by atoms with Gasteiger partial charge in [0.05, 0.1) is 6.54 Å². The fourth-order valence-corrected chi connectivity index (χ4v) is 1.94. The average molecular weight is 248 g/mol. The van der Waals surface area contributed by atoms with Crippen LogP contribution in [-0.4, -0.2) is 30.4 Å². The molecule has 0 saturated carbocycles. The molecular formula is C15H24N2O. The van der Waals surface area contributed by atoms with Gasteiger partial charge in [-0.3, -0.25) is 9.69 Å². The average Bonchev–Trinajstić information content (AvgIpc) is 2.48. The van der Waals surface area contributed by atoms with Gasteiger partial charge in [-0.25, -0.2) is 0 Å². The molecule has 0 heterocycles. The van der Waals surface area contributed by atoms with E-state index in [2.05, 4.69) is 37.1 Å². The molecule has 0 saturated heterocycles. The summed E-state index contributed by atoms with van der Waals surface area (Å²) in [5.41, 5.74) is 3.42. The summed E-state index contributed by atoms with van der Waals surface area (Å²) in [6.07, 6.45) is 6.99. The van der Waals surface area contributed by atoms with Gasteiger partial charge < -0.3 is 5.32 Å². The van der Waals surface area contributed by atoms with Crippen molar-refractivity contribution in [3.05, 3.63) is 35.1 Å². The summed E-state index contributed by atoms with van der Waals surface area (Å²) in [6, 6.07) is 0. The normalized spacial score (nSPS) is 15.7. The first-order chi connectivity index (χ1) is 8.56. The third-order valence-corrected chi connectivity index (χ3v) is 3.21. The van der Waals surface area contributed by atoms with E-state index in [-0.39, 0.29) is 5.91 Å². The summed E-state index contributed by atoms with van der Waals surface area (Å²) in [5, 5.41) is 3.05. The molecule has 0 fully saturated rings. The fraction of sp³-hybridized carbons (Fsp3) is 0.533. The Balaban J connectivity index is 2.63. The minimum Gasteiger partial charge on any atom is -0.328 e. The first kappa shape index (κ1) is 14.7. The number of likely N-dealkylation sites (N-methyl/N-ethyl adjacent to an activating group) is 1. The van der Waals surface area contributed by atoms with E-state index >= 15 is 0 Å². The van der Waals surface area contributed by atoms with Crippen LogP contribution in [0.4, 0.5) is 0 Å². The lowest BCUT2D eigenvalue weighted by molar-refractivity contribution is -0.121. The Labute approximate surface area is 110 Å². The largest absolute Gasteiger partial charge is 0.328 e. The summed E-state index contributed by atoms with van der Waals surface area (Å²) < 4.78 is 0. The molecule has 0 bridgehead atoms. The zero-order valence-electron chi connectivity index (χ0n) is 11.9. The van der Waals surface area contributed by atoms with Crippen LogP contribution in [0.15, 0.2) is 35.1 Å². The second kappa shape index (κ2) is 7.17. The number of hydrogen-bond acceptors (Lipinski definition) is 2. The van der Waals surface area contributed by atoms with Gasteiger partial charge in [-0.15, -0.1) is 0 Å². The Morgan fingerprint density at radius 1 is 1.33 bits per heavy atom. The van der Waals surface area contributed by atoms with Crippen molar-refractivity contribution in [1.82, 2.24) is 10.2 Å². The SMILES string of the molecule is CCN(CC)CC(=O)NC1=C(C)C=CC=C(C)C1. The third-order valence-electron chi connectivity index (χ3n) is 3.21. The Kier molecular flexibility index (Phi) is 5.86. The quantitative estimate of drug-likeness (QED) is 0.811. The summed E-state index contributed by atoms with van der Waals surface area (Å²) in [4.78, 5) is 14.1. The van der Waals surface area contributed by atoms with Crippen molar-refractivity contribution in [1.29, 1.82) is 0 Å². The van der Waals surface area contributed by atoms with Gasteiger partial charge in [0.1, 0.15) is 0 Å². The van der Waals surface area contributed by atoms with Crippen molar-refractivity contribution in [2.75, 3.05) is 19.6 Å². The number of rotatable bonds is 5. The van der Waals surface area contributed by atoms with Crippen molar-refractivity contribution < 1.29 is 4.79 Å². The molecule has 0 aromatic carbocycles. The summed E-state index contributed by atoms with van der Waals surface area (Å²) in [5.74, 6) is 0.0798. The van der Waals surface area contributed by atoms with E-state index in [0.717, 1.165) is 30.8 Å². The van der Waals surface area contributed by atoms with Crippen molar-refractivity contribution >= 4 is 5.91 Å². The van der Waals surface area contributed by atoms with E-state index in [9.17, 15) is 4.79 Å². The number of allylic oxidation sites excluding steroid dienone is 5. The van der Waals surface area contributed by atoms with Crippen molar-refractivity contribution in [2.45, 2.75) is 34.1 Å². The highest BCUT2D eigenvalue weighted by atomic mass is 16.2. The molecule has 18 heavy (non-hydrogen) atoms. The zero-order chi connectivity index (χ0) is 13.5. The van der Waals surface area contributed by atoms with Crippen LogP contribution in [0.3, 0.4) is 0 Å². The molecule has 0 unspecified atom stereocenters. The lowest BCUT2D eigenvalue weighted by Gasteiger charge is -2.18. The van der Waals surface area contributed by atoms with Crippen LogP contribution in [0.2, 0.25) is 0 Å². The first-order valence-electron chi connectivity index (χ1n) is 6.62. The molecule has 1 amide bonds. The van der Waals surface area contributed by atoms with Crippen LogP contribution in [0, 0.1) is 0 Å². The van der Waals surface area contributed by atoms with Gasteiger partial charge in [0.2, 0.25) is 5.91 Å². The highest BCUT2D eigenvalue weighted by Crippen LogP contribution is 2.17. The van der Waals surface area contributed by atoms with E-state index in [4.69, 9.17) is 0 Å². The lowest BCUT2D eigenvalue weighted by Crippen LogP contribution is -2.37. The molecule has 1 aliphatic rings. The molecule has 1 rings (SSSR count). The van der Waals surface area contributed by atoms with Crippen molar-refractivity contribution in [2.24, 2.45) is 0 Å². The van der Waals surface area contributed by atoms with Crippen LogP contribution >= 0.6 is 0 Å². The molecule has 3 nitrogen and oxygen atoms in total. The Morgan fingerprint density at radius 2 is 2.00 bits per heavy atom. The number of amides is 1. The molecule has 1 N–H and O–H groups in total. The van der Waals surface area contributed by atoms with Gasteiger partial charge in [0.25, 0.3) is 0 Å². The van der Waals surface area contributed by atoms with Crippen LogP contribution in [0.5, 0.6) is 0 Å². The van der Waals surface area contributed by atoms with E-state index in [1.807, 2.05) is 19.1 Å². The minimum absolute atomic E-state index is 0.0798. The van der Waals surface area contributed by atoms with Crippen LogP contribution in [0.1, 0.15) is 34.1 Å². The number of carbonyl (C=O) groups excluding carboxylic acids is 1. The number of nitrogens with zero attached hydrogens (tertiary/aromatic N) is 1.